The molecule has 2 nitrogen and oxygen atoms in total. The molecule has 0 radical (unpaired) electrons. The predicted molar refractivity (Wildman–Crippen MR) is 60.8 cm³/mol. The molecule has 0 fully saturated rings. The third-order valence-electron chi connectivity index (χ3n) is 3.19. The lowest BCUT2D eigenvalue weighted by atomic mass is 10.2. The van der Waals surface area contributed by atoms with Crippen LogP contribution in [0.5, 0.6) is 0 Å². The molecule has 0 N–H and O–H groups in total. The minimum atomic E-state index is -1.77. The molecule has 3 heteroatoms. The first-order valence-corrected chi connectivity index (χ1v) is 8.03. The van der Waals surface area contributed by atoms with E-state index in [-0.39, 0.29) is 16.9 Å². The Bertz CT molecular complexity index is 261. The van der Waals surface area contributed by atoms with Gasteiger partial charge in [-0.3, -0.25) is 4.79 Å². The minimum Gasteiger partial charge on any atom is -0.406 e. The largest absolute Gasteiger partial charge is 0.406 e. The lowest BCUT2D eigenvalue weighted by molar-refractivity contribution is -0.120. The van der Waals surface area contributed by atoms with Gasteiger partial charge in [-0.05, 0) is 30.6 Å². The highest BCUT2D eigenvalue weighted by Gasteiger charge is 2.40. The Labute approximate surface area is 87.5 Å². The van der Waals surface area contributed by atoms with E-state index in [4.69, 9.17) is 4.43 Å². The Kier molecular flexibility index (Phi) is 3.02. The lowest BCUT2D eigenvalue weighted by Gasteiger charge is -2.37. The van der Waals surface area contributed by atoms with Gasteiger partial charge in [-0.25, -0.2) is 0 Å². The van der Waals surface area contributed by atoms with Crippen molar-refractivity contribution >= 4 is 14.1 Å². The van der Waals surface area contributed by atoms with Gasteiger partial charge < -0.3 is 4.43 Å². The van der Waals surface area contributed by atoms with Crippen molar-refractivity contribution in [2.75, 3.05) is 0 Å². The van der Waals surface area contributed by atoms with Gasteiger partial charge in [0.05, 0.1) is 0 Å². The van der Waals surface area contributed by atoms with Crippen molar-refractivity contribution < 1.29 is 9.22 Å². The summed E-state index contributed by atoms with van der Waals surface area (Å²) in [6, 6.07) is 0. The molecule has 14 heavy (non-hydrogen) atoms. The fraction of sp³-hybridized carbons (Fsp3) is 0.727. The zero-order valence-corrected chi connectivity index (χ0v) is 10.8. The molecule has 0 bridgehead atoms. The molecule has 0 aromatic carbocycles. The number of rotatable bonds is 2. The van der Waals surface area contributed by atoms with Crippen LogP contribution in [0.25, 0.3) is 0 Å². The fourth-order valence-corrected chi connectivity index (χ4v) is 2.45. The van der Waals surface area contributed by atoms with Crippen molar-refractivity contribution in [3.05, 3.63) is 12.2 Å². The Morgan fingerprint density at radius 3 is 2.36 bits per heavy atom. The normalized spacial score (nSPS) is 23.2. The summed E-state index contributed by atoms with van der Waals surface area (Å²) in [4.78, 5) is 11.4. The van der Waals surface area contributed by atoms with Crippen molar-refractivity contribution in [3.63, 3.8) is 0 Å². The van der Waals surface area contributed by atoms with Crippen LogP contribution in [-0.4, -0.2) is 20.2 Å². The summed E-state index contributed by atoms with van der Waals surface area (Å²) >= 11 is 0. The number of carbonyl (C=O) groups excluding carboxylic acids is 1. The monoisotopic (exact) mass is 212 g/mol. The van der Waals surface area contributed by atoms with Crippen molar-refractivity contribution in [1.82, 2.24) is 0 Å². The Balaban J connectivity index is 2.64. The molecule has 1 aliphatic rings. The summed E-state index contributed by atoms with van der Waals surface area (Å²) in [5.74, 6) is 0.134. The first-order valence-electron chi connectivity index (χ1n) is 5.12. The zero-order chi connectivity index (χ0) is 11.0. The van der Waals surface area contributed by atoms with Crippen molar-refractivity contribution in [2.24, 2.45) is 0 Å². The van der Waals surface area contributed by atoms with Gasteiger partial charge in [0.1, 0.15) is 6.10 Å². The van der Waals surface area contributed by atoms with Crippen LogP contribution >= 0.6 is 0 Å². The molecular formula is C11H20O2Si. The first-order chi connectivity index (χ1) is 6.24. The van der Waals surface area contributed by atoms with Crippen LogP contribution in [0.4, 0.5) is 0 Å². The third-order valence-corrected chi connectivity index (χ3v) is 7.68. The van der Waals surface area contributed by atoms with Crippen LogP contribution in [0.3, 0.4) is 0 Å². The van der Waals surface area contributed by atoms with Gasteiger partial charge in [0.15, 0.2) is 14.1 Å². The van der Waals surface area contributed by atoms with E-state index in [2.05, 4.69) is 33.9 Å². The highest BCUT2D eigenvalue weighted by atomic mass is 28.4. The number of ketones is 1. The second-order valence-corrected chi connectivity index (χ2v) is 10.2. The highest BCUT2D eigenvalue weighted by Crippen LogP contribution is 2.38. The maximum Gasteiger partial charge on any atom is 0.193 e. The summed E-state index contributed by atoms with van der Waals surface area (Å²) in [5, 5.41) is 0.176. The maximum absolute atomic E-state index is 11.4. The van der Waals surface area contributed by atoms with Crippen molar-refractivity contribution in [3.8, 4) is 0 Å². The maximum atomic E-state index is 11.4. The van der Waals surface area contributed by atoms with Gasteiger partial charge >= 0.3 is 0 Å². The summed E-state index contributed by atoms with van der Waals surface area (Å²) in [7, 11) is -1.77. The van der Waals surface area contributed by atoms with Gasteiger partial charge in [0.25, 0.3) is 0 Å². The quantitative estimate of drug-likeness (QED) is 0.658. The second kappa shape index (κ2) is 3.63. The Morgan fingerprint density at radius 1 is 1.43 bits per heavy atom. The van der Waals surface area contributed by atoms with Crippen molar-refractivity contribution in [1.29, 1.82) is 0 Å². The van der Waals surface area contributed by atoms with Crippen molar-refractivity contribution in [2.45, 2.75) is 51.4 Å². The van der Waals surface area contributed by atoms with E-state index < -0.39 is 8.32 Å². The molecular weight excluding hydrogens is 192 g/mol. The zero-order valence-electron chi connectivity index (χ0n) is 9.76. The molecule has 1 aliphatic carbocycles. The minimum absolute atomic E-state index is 0.134. The molecule has 0 spiro atoms. The van der Waals surface area contributed by atoms with Gasteiger partial charge in [-0.2, -0.15) is 0 Å². The highest BCUT2D eigenvalue weighted by molar-refractivity contribution is 6.74. The fourth-order valence-electron chi connectivity index (χ4n) is 1.17. The summed E-state index contributed by atoms with van der Waals surface area (Å²) < 4.78 is 6.00. The van der Waals surface area contributed by atoms with E-state index in [1.54, 1.807) is 6.08 Å². The second-order valence-electron chi connectivity index (χ2n) is 5.41. The molecule has 0 saturated heterocycles. The summed E-state index contributed by atoms with van der Waals surface area (Å²) in [5.41, 5.74) is 0. The van der Waals surface area contributed by atoms with E-state index in [0.29, 0.717) is 0 Å². The van der Waals surface area contributed by atoms with Gasteiger partial charge in [0.2, 0.25) is 0 Å². The number of carbonyl (C=O) groups is 1. The van der Waals surface area contributed by atoms with Crippen LogP contribution in [-0.2, 0) is 9.22 Å². The first kappa shape index (κ1) is 11.7. The van der Waals surface area contributed by atoms with Gasteiger partial charge in [-0.15, -0.1) is 0 Å². The predicted octanol–water partition coefficient (Wildman–Crippen LogP) is 2.91. The molecule has 80 valence electrons. The van der Waals surface area contributed by atoms with Crippen LogP contribution in [0.15, 0.2) is 12.2 Å². The van der Waals surface area contributed by atoms with E-state index in [1.165, 1.54) is 0 Å². The smallest absolute Gasteiger partial charge is 0.193 e. The van der Waals surface area contributed by atoms with E-state index in [9.17, 15) is 4.79 Å². The molecule has 1 unspecified atom stereocenters. The van der Waals surface area contributed by atoms with Crippen LogP contribution in [0.2, 0.25) is 18.1 Å². The van der Waals surface area contributed by atoms with Crippen LogP contribution < -0.4 is 0 Å². The topological polar surface area (TPSA) is 26.3 Å². The standard InChI is InChI=1S/C11H20O2Si/c1-11(2,3)14(4,5)13-10-8-6-7-9(10)12/h6-7,10H,8H2,1-5H3. The van der Waals surface area contributed by atoms with Crippen LogP contribution in [0, 0.1) is 0 Å². The van der Waals surface area contributed by atoms with Crippen LogP contribution in [0.1, 0.15) is 27.2 Å². The Hall–Kier alpha value is -0.413. The summed E-state index contributed by atoms with van der Waals surface area (Å²) in [6.45, 7) is 10.9. The molecule has 0 saturated carbocycles. The molecule has 0 amide bonds. The van der Waals surface area contributed by atoms with E-state index in [0.717, 1.165) is 6.42 Å². The third kappa shape index (κ3) is 2.33. The van der Waals surface area contributed by atoms with E-state index in [1.807, 2.05) is 6.08 Å². The lowest BCUT2D eigenvalue weighted by Crippen LogP contribution is -2.45. The molecule has 0 aromatic heterocycles. The molecule has 0 aliphatic heterocycles. The molecule has 0 heterocycles. The SMILES string of the molecule is CC(C)(C)[Si](C)(C)OC1CC=CC1=O. The van der Waals surface area contributed by atoms with E-state index >= 15 is 0 Å². The average molecular weight is 212 g/mol. The molecule has 1 atom stereocenters. The number of hydrogen-bond acceptors (Lipinski definition) is 2. The summed E-state index contributed by atoms with van der Waals surface area (Å²) in [6.07, 6.45) is 4.10. The molecule has 0 aromatic rings. The number of hydrogen-bond donors (Lipinski definition) is 0. The Morgan fingerprint density at radius 2 is 2.00 bits per heavy atom. The van der Waals surface area contributed by atoms with Gasteiger partial charge in [-0.1, -0.05) is 26.8 Å². The average Bonchev–Trinajstić information content (AvgIpc) is 2.33. The van der Waals surface area contributed by atoms with Gasteiger partial charge in [0, 0.05) is 0 Å². The molecule has 1 rings (SSSR count).